The standard InChI is InChI=1S/C30H36F4N4O3/c1-28(27(35)40)10-3-13-38(28)26(39)21-4-6-23(24(31)16-21)22-5-7-25(36-17-22)41-18-20-8-14-37(15-9-20)19-29(11-2-12-29)30(32,33)34/h4-7,16-17,20H,2-3,8-15,18-19H2,1H3,(H2,35,40)/t28-/m0/s1. The predicted octanol–water partition coefficient (Wildman–Crippen LogP) is 5.19. The molecule has 222 valence electrons. The molecule has 2 aromatic rings. The van der Waals surface area contributed by atoms with Gasteiger partial charge in [0.15, 0.2) is 0 Å². The Kier molecular flexibility index (Phi) is 8.02. The average Bonchev–Trinajstić information content (AvgIpc) is 3.32. The molecule has 3 heterocycles. The number of ether oxygens (including phenoxy) is 1. The fourth-order valence-corrected chi connectivity index (χ4v) is 6.29. The van der Waals surface area contributed by atoms with Crippen molar-refractivity contribution >= 4 is 11.8 Å². The minimum atomic E-state index is -4.15. The number of carbonyl (C=O) groups is 2. The van der Waals surface area contributed by atoms with Gasteiger partial charge in [0, 0.05) is 42.0 Å². The van der Waals surface area contributed by atoms with E-state index in [2.05, 4.69) is 4.98 Å². The Morgan fingerprint density at radius 3 is 2.37 bits per heavy atom. The number of pyridine rings is 1. The lowest BCUT2D eigenvalue weighted by Crippen LogP contribution is -2.53. The van der Waals surface area contributed by atoms with Crippen molar-refractivity contribution in [1.82, 2.24) is 14.8 Å². The summed E-state index contributed by atoms with van der Waals surface area (Å²) in [6.45, 7) is 3.75. The average molecular weight is 577 g/mol. The van der Waals surface area contributed by atoms with Crippen molar-refractivity contribution in [3.63, 3.8) is 0 Å². The molecule has 1 aromatic heterocycles. The zero-order valence-electron chi connectivity index (χ0n) is 23.2. The van der Waals surface area contributed by atoms with Gasteiger partial charge in [-0.3, -0.25) is 9.59 Å². The number of nitrogens with zero attached hydrogens (tertiary/aromatic N) is 3. The molecular weight excluding hydrogens is 540 g/mol. The molecule has 3 aliphatic rings. The van der Waals surface area contributed by atoms with Gasteiger partial charge < -0.3 is 20.3 Å². The predicted molar refractivity (Wildman–Crippen MR) is 144 cm³/mol. The summed E-state index contributed by atoms with van der Waals surface area (Å²) in [7, 11) is 0. The van der Waals surface area contributed by atoms with Gasteiger partial charge in [-0.2, -0.15) is 13.2 Å². The lowest BCUT2D eigenvalue weighted by molar-refractivity contribution is -0.256. The summed E-state index contributed by atoms with van der Waals surface area (Å²) in [6.07, 6.45) is 1.08. The first-order valence-corrected chi connectivity index (χ1v) is 14.2. The second-order valence-corrected chi connectivity index (χ2v) is 11.9. The van der Waals surface area contributed by atoms with Crippen molar-refractivity contribution in [2.24, 2.45) is 17.1 Å². The Bertz CT molecular complexity index is 1270. The van der Waals surface area contributed by atoms with Crippen LogP contribution in [-0.4, -0.2) is 71.1 Å². The highest BCUT2D eigenvalue weighted by atomic mass is 19.4. The number of nitrogens with two attached hydrogens (primary N) is 1. The van der Waals surface area contributed by atoms with Crippen molar-refractivity contribution in [2.75, 3.05) is 32.8 Å². The minimum absolute atomic E-state index is 0.0871. The summed E-state index contributed by atoms with van der Waals surface area (Å²) in [6, 6.07) is 7.53. The van der Waals surface area contributed by atoms with Gasteiger partial charge in [0.1, 0.15) is 11.4 Å². The maximum absolute atomic E-state index is 15.1. The molecule has 2 amide bonds. The van der Waals surface area contributed by atoms with Gasteiger partial charge in [-0.15, -0.1) is 0 Å². The van der Waals surface area contributed by atoms with Gasteiger partial charge in [0.2, 0.25) is 11.8 Å². The first-order valence-electron chi connectivity index (χ1n) is 14.2. The topological polar surface area (TPSA) is 88.8 Å². The van der Waals surface area contributed by atoms with Crippen LogP contribution in [0.5, 0.6) is 5.88 Å². The number of halogens is 4. The fourth-order valence-electron chi connectivity index (χ4n) is 6.29. The number of alkyl halides is 3. The lowest BCUT2D eigenvalue weighted by Gasteiger charge is -2.47. The number of piperidine rings is 1. The first-order chi connectivity index (χ1) is 19.4. The molecule has 7 nitrogen and oxygen atoms in total. The van der Waals surface area contributed by atoms with E-state index in [0.29, 0.717) is 56.9 Å². The number of likely N-dealkylation sites (tertiary alicyclic amines) is 2. The summed E-state index contributed by atoms with van der Waals surface area (Å²) >= 11 is 0. The van der Waals surface area contributed by atoms with E-state index in [1.54, 1.807) is 19.1 Å². The molecule has 11 heteroatoms. The number of hydrogen-bond acceptors (Lipinski definition) is 5. The van der Waals surface area contributed by atoms with Gasteiger partial charge in [-0.25, -0.2) is 9.37 Å². The van der Waals surface area contributed by atoms with E-state index in [9.17, 15) is 22.8 Å². The van der Waals surface area contributed by atoms with E-state index in [1.807, 2.05) is 4.90 Å². The van der Waals surface area contributed by atoms with Crippen molar-refractivity contribution in [2.45, 2.75) is 63.6 Å². The molecular formula is C30H36F4N4O3. The third kappa shape index (κ3) is 5.78. The zero-order chi connectivity index (χ0) is 29.4. The third-order valence-electron chi connectivity index (χ3n) is 9.29. The van der Waals surface area contributed by atoms with Crippen LogP contribution in [-0.2, 0) is 4.79 Å². The zero-order valence-corrected chi connectivity index (χ0v) is 23.2. The molecule has 41 heavy (non-hydrogen) atoms. The van der Waals surface area contributed by atoms with Crippen LogP contribution in [0.4, 0.5) is 17.6 Å². The van der Waals surface area contributed by atoms with Gasteiger partial charge in [-0.1, -0.05) is 12.5 Å². The second kappa shape index (κ2) is 11.2. The normalized spacial score (nSPS) is 23.3. The molecule has 1 aromatic carbocycles. The quantitative estimate of drug-likeness (QED) is 0.437. The van der Waals surface area contributed by atoms with Crippen molar-refractivity contribution < 1.29 is 31.9 Å². The largest absolute Gasteiger partial charge is 0.477 e. The third-order valence-corrected chi connectivity index (χ3v) is 9.29. The van der Waals surface area contributed by atoms with Crippen LogP contribution >= 0.6 is 0 Å². The van der Waals surface area contributed by atoms with Crippen LogP contribution < -0.4 is 10.5 Å². The summed E-state index contributed by atoms with van der Waals surface area (Å²) < 4.78 is 61.4. The summed E-state index contributed by atoms with van der Waals surface area (Å²) in [5, 5.41) is 0. The molecule has 2 N–H and O–H groups in total. The Balaban J connectivity index is 1.14. The van der Waals surface area contributed by atoms with Crippen LogP contribution in [0.25, 0.3) is 11.1 Å². The number of primary amides is 1. The van der Waals surface area contributed by atoms with E-state index in [1.165, 1.54) is 23.2 Å². The van der Waals surface area contributed by atoms with Crippen molar-refractivity contribution in [3.8, 4) is 17.0 Å². The Morgan fingerprint density at radius 2 is 1.80 bits per heavy atom. The van der Waals surface area contributed by atoms with Gasteiger partial charge in [0.25, 0.3) is 5.91 Å². The van der Waals surface area contributed by atoms with Gasteiger partial charge in [-0.05, 0) is 82.7 Å². The SMILES string of the molecule is C[C@@]1(C(N)=O)CCCN1C(=O)c1ccc(-c2ccc(OCC3CCN(CC4(C(F)(F)F)CCC4)CC3)nc2)c(F)c1. The van der Waals surface area contributed by atoms with Crippen molar-refractivity contribution in [3.05, 3.63) is 47.9 Å². The number of benzene rings is 1. The smallest absolute Gasteiger partial charge is 0.395 e. The molecule has 0 unspecified atom stereocenters. The molecule has 1 saturated carbocycles. The number of carbonyl (C=O) groups excluding carboxylic acids is 2. The van der Waals surface area contributed by atoms with Crippen LogP contribution in [0.1, 0.15) is 62.2 Å². The van der Waals surface area contributed by atoms with Crippen LogP contribution in [0.3, 0.4) is 0 Å². The summed E-state index contributed by atoms with van der Waals surface area (Å²) in [4.78, 5) is 32.6. The molecule has 1 atom stereocenters. The molecule has 1 aliphatic carbocycles. The van der Waals surface area contributed by atoms with E-state index < -0.39 is 34.8 Å². The first kappa shape index (κ1) is 29.3. The van der Waals surface area contributed by atoms with E-state index in [4.69, 9.17) is 10.5 Å². The highest BCUT2D eigenvalue weighted by molar-refractivity contribution is 5.99. The molecule has 0 bridgehead atoms. The van der Waals surface area contributed by atoms with Gasteiger partial charge >= 0.3 is 6.18 Å². The van der Waals surface area contributed by atoms with Crippen LogP contribution in [0.15, 0.2) is 36.5 Å². The molecule has 5 rings (SSSR count). The highest BCUT2D eigenvalue weighted by Crippen LogP contribution is 2.53. The maximum atomic E-state index is 15.1. The number of hydrogen-bond donors (Lipinski definition) is 1. The molecule has 0 spiro atoms. The minimum Gasteiger partial charge on any atom is -0.477 e. The van der Waals surface area contributed by atoms with Gasteiger partial charge in [0.05, 0.1) is 12.0 Å². The Morgan fingerprint density at radius 1 is 1.07 bits per heavy atom. The Hall–Kier alpha value is -3.21. The monoisotopic (exact) mass is 576 g/mol. The fraction of sp³-hybridized carbons (Fsp3) is 0.567. The van der Waals surface area contributed by atoms with Crippen molar-refractivity contribution in [1.29, 1.82) is 0 Å². The number of rotatable bonds is 8. The maximum Gasteiger partial charge on any atom is 0.395 e. The van der Waals surface area contributed by atoms with E-state index in [-0.39, 0.29) is 36.4 Å². The van der Waals surface area contributed by atoms with Crippen LogP contribution in [0, 0.1) is 17.2 Å². The number of amides is 2. The molecule has 2 aliphatic heterocycles. The lowest BCUT2D eigenvalue weighted by atomic mass is 9.67. The summed E-state index contributed by atoms with van der Waals surface area (Å²) in [5.41, 5.74) is 3.84. The molecule has 2 saturated heterocycles. The molecule has 0 radical (unpaired) electrons. The highest BCUT2D eigenvalue weighted by Gasteiger charge is 2.58. The number of aromatic nitrogens is 1. The van der Waals surface area contributed by atoms with Crippen LogP contribution in [0.2, 0.25) is 0 Å². The van der Waals surface area contributed by atoms with E-state index in [0.717, 1.165) is 18.9 Å². The molecule has 3 fully saturated rings. The second-order valence-electron chi connectivity index (χ2n) is 11.9. The Labute approximate surface area is 237 Å². The van der Waals surface area contributed by atoms with E-state index >= 15 is 4.39 Å². The summed E-state index contributed by atoms with van der Waals surface area (Å²) in [5.74, 6) is -1.00.